The summed E-state index contributed by atoms with van der Waals surface area (Å²) in [6, 6.07) is 4.36. The molecular formula is C13H25N. The largest absolute Gasteiger partial charge is 0.333 e. The van der Waals surface area contributed by atoms with Gasteiger partial charge in [0.2, 0.25) is 0 Å². The molecular weight excluding hydrogens is 170 g/mol. The van der Waals surface area contributed by atoms with Gasteiger partial charge in [-0.25, -0.2) is 0 Å². The summed E-state index contributed by atoms with van der Waals surface area (Å²) in [5.41, 5.74) is 10.1. The second-order valence-corrected chi connectivity index (χ2v) is 2.95. The third-order valence-electron chi connectivity index (χ3n) is 2.33. The van der Waals surface area contributed by atoms with E-state index in [-0.39, 0.29) is 0 Å². The van der Waals surface area contributed by atoms with Crippen LogP contribution >= 0.6 is 0 Å². The van der Waals surface area contributed by atoms with E-state index in [1.807, 2.05) is 13.8 Å². The number of nitrogens with two attached hydrogens (primary N) is 1. The summed E-state index contributed by atoms with van der Waals surface area (Å²) < 4.78 is 0. The van der Waals surface area contributed by atoms with Gasteiger partial charge in [-0.1, -0.05) is 26.0 Å². The van der Waals surface area contributed by atoms with Crippen molar-refractivity contribution in [3.63, 3.8) is 0 Å². The fourth-order valence-electron chi connectivity index (χ4n) is 1.09. The lowest BCUT2D eigenvalue weighted by Crippen LogP contribution is -1.88. The third-order valence-corrected chi connectivity index (χ3v) is 2.33. The van der Waals surface area contributed by atoms with E-state index >= 15 is 0 Å². The van der Waals surface area contributed by atoms with Crippen molar-refractivity contribution in [3.05, 3.63) is 34.4 Å². The standard InChI is InChI=1S/C10H14.C2H6.CH5N/c1-7-5-6-8(2)10(4)9(7)3;2*1-2/h5-6H,1-4H3;1-2H3;2H2,1H3. The Balaban J connectivity index is 0. The number of benzene rings is 1. The first kappa shape index (κ1) is 15.6. The number of aryl methyl sites for hydroxylation is 2. The Labute approximate surface area is 89.3 Å². The highest BCUT2D eigenvalue weighted by molar-refractivity contribution is 5.37. The Morgan fingerprint density at radius 1 is 0.714 bits per heavy atom. The molecule has 1 aromatic rings. The van der Waals surface area contributed by atoms with Crippen molar-refractivity contribution in [2.45, 2.75) is 41.5 Å². The molecule has 0 fully saturated rings. The van der Waals surface area contributed by atoms with Crippen molar-refractivity contribution in [1.82, 2.24) is 0 Å². The van der Waals surface area contributed by atoms with Crippen LogP contribution in [-0.4, -0.2) is 7.05 Å². The lowest BCUT2D eigenvalue weighted by molar-refractivity contribution is 1.22. The Bertz CT molecular complexity index is 225. The number of hydrogen-bond acceptors (Lipinski definition) is 1. The minimum absolute atomic E-state index is 1.39. The fraction of sp³-hybridized carbons (Fsp3) is 0.538. The Kier molecular flexibility index (Phi) is 9.79. The van der Waals surface area contributed by atoms with Crippen LogP contribution in [0, 0.1) is 27.7 Å². The molecule has 0 heterocycles. The van der Waals surface area contributed by atoms with Gasteiger partial charge in [0.1, 0.15) is 0 Å². The predicted octanol–water partition coefficient (Wildman–Crippen LogP) is 3.52. The monoisotopic (exact) mass is 195 g/mol. The quantitative estimate of drug-likeness (QED) is 0.673. The van der Waals surface area contributed by atoms with Crippen molar-refractivity contribution >= 4 is 0 Å². The summed E-state index contributed by atoms with van der Waals surface area (Å²) >= 11 is 0. The molecule has 1 rings (SSSR count). The molecule has 0 unspecified atom stereocenters. The average Bonchev–Trinajstić information content (AvgIpc) is 2.26. The molecule has 1 nitrogen and oxygen atoms in total. The predicted molar refractivity (Wildman–Crippen MR) is 66.8 cm³/mol. The molecule has 14 heavy (non-hydrogen) atoms. The van der Waals surface area contributed by atoms with Gasteiger partial charge in [-0.05, 0) is 57.0 Å². The van der Waals surface area contributed by atoms with Gasteiger partial charge < -0.3 is 5.73 Å². The Morgan fingerprint density at radius 3 is 1.14 bits per heavy atom. The van der Waals surface area contributed by atoms with Crippen LogP contribution in [0.2, 0.25) is 0 Å². The van der Waals surface area contributed by atoms with Gasteiger partial charge in [0, 0.05) is 0 Å². The molecule has 0 spiro atoms. The van der Waals surface area contributed by atoms with E-state index < -0.39 is 0 Å². The van der Waals surface area contributed by atoms with E-state index in [1.54, 1.807) is 0 Å². The zero-order valence-corrected chi connectivity index (χ0v) is 10.7. The molecule has 0 atom stereocenters. The minimum atomic E-state index is 1.39. The minimum Gasteiger partial charge on any atom is -0.333 e. The topological polar surface area (TPSA) is 26.0 Å². The van der Waals surface area contributed by atoms with Crippen molar-refractivity contribution in [2.75, 3.05) is 7.05 Å². The van der Waals surface area contributed by atoms with Crippen LogP contribution in [0.15, 0.2) is 12.1 Å². The average molecular weight is 195 g/mol. The van der Waals surface area contributed by atoms with E-state index in [9.17, 15) is 0 Å². The maximum atomic E-state index is 4.50. The smallest absolute Gasteiger partial charge is 0.0195 e. The second-order valence-electron chi connectivity index (χ2n) is 2.95. The Morgan fingerprint density at radius 2 is 0.929 bits per heavy atom. The summed E-state index contributed by atoms with van der Waals surface area (Å²) in [7, 11) is 1.50. The van der Waals surface area contributed by atoms with Crippen LogP contribution in [0.3, 0.4) is 0 Å². The highest BCUT2D eigenvalue weighted by atomic mass is 14.4. The van der Waals surface area contributed by atoms with Crippen molar-refractivity contribution in [2.24, 2.45) is 5.73 Å². The normalized spacial score (nSPS) is 8.00. The fourth-order valence-corrected chi connectivity index (χ4v) is 1.09. The molecule has 1 heteroatoms. The van der Waals surface area contributed by atoms with Crippen LogP contribution in [0.1, 0.15) is 36.1 Å². The molecule has 0 saturated carbocycles. The summed E-state index contributed by atoms with van der Waals surface area (Å²) in [4.78, 5) is 0. The highest BCUT2D eigenvalue weighted by Gasteiger charge is 1.97. The van der Waals surface area contributed by atoms with E-state index in [2.05, 4.69) is 45.6 Å². The maximum Gasteiger partial charge on any atom is -0.0195 e. The van der Waals surface area contributed by atoms with E-state index in [0.717, 1.165) is 0 Å². The summed E-state index contributed by atoms with van der Waals surface area (Å²) in [5.74, 6) is 0. The molecule has 82 valence electrons. The van der Waals surface area contributed by atoms with Crippen LogP contribution in [0.4, 0.5) is 0 Å². The molecule has 0 aliphatic carbocycles. The Hall–Kier alpha value is -0.820. The summed E-state index contributed by atoms with van der Waals surface area (Å²) in [6.07, 6.45) is 0. The van der Waals surface area contributed by atoms with E-state index in [0.29, 0.717) is 0 Å². The molecule has 0 aliphatic rings. The number of hydrogen-bond donors (Lipinski definition) is 1. The van der Waals surface area contributed by atoms with Gasteiger partial charge in [0.15, 0.2) is 0 Å². The SMILES string of the molecule is CC.CN.Cc1ccc(C)c(C)c1C. The lowest BCUT2D eigenvalue weighted by atomic mass is 10.0. The number of rotatable bonds is 0. The zero-order valence-electron chi connectivity index (χ0n) is 10.7. The van der Waals surface area contributed by atoms with Gasteiger partial charge in [-0.2, -0.15) is 0 Å². The molecule has 0 bridgehead atoms. The summed E-state index contributed by atoms with van der Waals surface area (Å²) in [6.45, 7) is 12.7. The van der Waals surface area contributed by atoms with Gasteiger partial charge in [0.05, 0.1) is 0 Å². The maximum absolute atomic E-state index is 4.50. The van der Waals surface area contributed by atoms with Crippen molar-refractivity contribution < 1.29 is 0 Å². The molecule has 0 amide bonds. The lowest BCUT2D eigenvalue weighted by Gasteiger charge is -2.06. The molecule has 0 aliphatic heterocycles. The zero-order chi connectivity index (χ0) is 11.7. The van der Waals surface area contributed by atoms with Crippen molar-refractivity contribution in [1.29, 1.82) is 0 Å². The van der Waals surface area contributed by atoms with E-state index in [1.165, 1.54) is 29.3 Å². The van der Waals surface area contributed by atoms with Crippen LogP contribution in [0.5, 0.6) is 0 Å². The molecule has 0 aromatic heterocycles. The van der Waals surface area contributed by atoms with E-state index in [4.69, 9.17) is 0 Å². The molecule has 1 aromatic carbocycles. The first-order chi connectivity index (χ1) is 6.63. The third kappa shape index (κ3) is 4.43. The molecule has 0 saturated heterocycles. The van der Waals surface area contributed by atoms with Crippen LogP contribution in [-0.2, 0) is 0 Å². The first-order valence-electron chi connectivity index (χ1n) is 5.24. The first-order valence-corrected chi connectivity index (χ1v) is 5.24. The second kappa shape index (κ2) is 8.76. The molecule has 2 N–H and O–H groups in total. The van der Waals surface area contributed by atoms with Crippen LogP contribution in [0.25, 0.3) is 0 Å². The van der Waals surface area contributed by atoms with Gasteiger partial charge in [-0.15, -0.1) is 0 Å². The van der Waals surface area contributed by atoms with Gasteiger partial charge >= 0.3 is 0 Å². The van der Waals surface area contributed by atoms with Gasteiger partial charge in [-0.3, -0.25) is 0 Å². The molecule has 0 radical (unpaired) electrons. The van der Waals surface area contributed by atoms with Crippen LogP contribution < -0.4 is 5.73 Å². The van der Waals surface area contributed by atoms with Crippen molar-refractivity contribution in [3.8, 4) is 0 Å². The van der Waals surface area contributed by atoms with Gasteiger partial charge in [0.25, 0.3) is 0 Å². The summed E-state index contributed by atoms with van der Waals surface area (Å²) in [5, 5.41) is 0. The highest BCUT2D eigenvalue weighted by Crippen LogP contribution is 2.15.